The third kappa shape index (κ3) is 6.45. The highest BCUT2D eigenvalue weighted by molar-refractivity contribution is 5.74. The van der Waals surface area contributed by atoms with E-state index < -0.39 is 5.97 Å². The SMILES string of the molecule is CC(C)CCCNC(=O)NC1CCCC(C(=O)O)C1. The van der Waals surface area contributed by atoms with Crippen molar-refractivity contribution < 1.29 is 14.7 Å². The third-order valence-electron chi connectivity index (χ3n) is 3.60. The number of carbonyl (C=O) groups is 2. The zero-order valence-corrected chi connectivity index (χ0v) is 11.9. The maximum Gasteiger partial charge on any atom is 0.315 e. The molecule has 5 nitrogen and oxygen atoms in total. The first-order chi connectivity index (χ1) is 8.99. The summed E-state index contributed by atoms with van der Waals surface area (Å²) in [5.41, 5.74) is 0. The number of carbonyl (C=O) groups excluding carboxylic acids is 1. The lowest BCUT2D eigenvalue weighted by Crippen LogP contribution is -2.45. The van der Waals surface area contributed by atoms with Crippen molar-refractivity contribution in [3.05, 3.63) is 0 Å². The largest absolute Gasteiger partial charge is 0.481 e. The summed E-state index contributed by atoms with van der Waals surface area (Å²) in [4.78, 5) is 22.6. The summed E-state index contributed by atoms with van der Waals surface area (Å²) in [5, 5.41) is 14.7. The summed E-state index contributed by atoms with van der Waals surface area (Å²) in [6, 6.07) is -0.167. The molecule has 0 radical (unpaired) electrons. The smallest absolute Gasteiger partial charge is 0.315 e. The van der Waals surface area contributed by atoms with Crippen molar-refractivity contribution >= 4 is 12.0 Å². The maximum atomic E-state index is 11.7. The first-order valence-electron chi connectivity index (χ1n) is 7.26. The number of rotatable bonds is 6. The molecule has 1 aliphatic rings. The number of urea groups is 1. The van der Waals surface area contributed by atoms with Gasteiger partial charge in [0.15, 0.2) is 0 Å². The molecule has 1 saturated carbocycles. The van der Waals surface area contributed by atoms with Crippen LogP contribution in [0.2, 0.25) is 0 Å². The van der Waals surface area contributed by atoms with Gasteiger partial charge in [-0.05, 0) is 38.0 Å². The van der Waals surface area contributed by atoms with E-state index in [9.17, 15) is 9.59 Å². The van der Waals surface area contributed by atoms with Gasteiger partial charge in [-0.2, -0.15) is 0 Å². The fourth-order valence-electron chi connectivity index (χ4n) is 2.49. The van der Waals surface area contributed by atoms with Crippen molar-refractivity contribution in [3.63, 3.8) is 0 Å². The normalized spacial score (nSPS) is 23.1. The van der Waals surface area contributed by atoms with E-state index in [0.717, 1.165) is 32.1 Å². The van der Waals surface area contributed by atoms with Gasteiger partial charge in [-0.3, -0.25) is 4.79 Å². The molecule has 0 spiro atoms. The molecule has 2 unspecified atom stereocenters. The van der Waals surface area contributed by atoms with Crippen molar-refractivity contribution in [1.82, 2.24) is 10.6 Å². The molecule has 0 aromatic rings. The van der Waals surface area contributed by atoms with Crippen LogP contribution in [0.3, 0.4) is 0 Å². The van der Waals surface area contributed by atoms with Crippen LogP contribution >= 0.6 is 0 Å². The topological polar surface area (TPSA) is 78.4 Å². The highest BCUT2D eigenvalue weighted by atomic mass is 16.4. The zero-order chi connectivity index (χ0) is 14.3. The Morgan fingerprint density at radius 1 is 1.32 bits per heavy atom. The van der Waals surface area contributed by atoms with Crippen molar-refractivity contribution in [2.45, 2.75) is 58.4 Å². The predicted molar refractivity (Wildman–Crippen MR) is 74.0 cm³/mol. The molecule has 0 saturated heterocycles. The average Bonchev–Trinajstić information content (AvgIpc) is 2.34. The van der Waals surface area contributed by atoms with Crippen LogP contribution in [0.5, 0.6) is 0 Å². The second-order valence-electron chi connectivity index (χ2n) is 5.84. The zero-order valence-electron chi connectivity index (χ0n) is 11.9. The summed E-state index contributed by atoms with van der Waals surface area (Å²) in [7, 11) is 0. The van der Waals surface area contributed by atoms with Gasteiger partial charge < -0.3 is 15.7 Å². The summed E-state index contributed by atoms with van der Waals surface area (Å²) >= 11 is 0. The summed E-state index contributed by atoms with van der Waals surface area (Å²) < 4.78 is 0. The highest BCUT2D eigenvalue weighted by Gasteiger charge is 2.27. The van der Waals surface area contributed by atoms with Crippen LogP contribution in [-0.4, -0.2) is 29.7 Å². The molecule has 1 rings (SSSR count). The van der Waals surface area contributed by atoms with Crippen LogP contribution < -0.4 is 10.6 Å². The van der Waals surface area contributed by atoms with Crippen LogP contribution in [0.15, 0.2) is 0 Å². The molecule has 0 aromatic heterocycles. The number of amides is 2. The molecular formula is C14H26N2O3. The number of nitrogens with one attached hydrogen (secondary N) is 2. The molecule has 3 N–H and O–H groups in total. The first kappa shape index (κ1) is 15.8. The Bertz CT molecular complexity index is 305. The Balaban J connectivity index is 2.19. The molecule has 0 bridgehead atoms. The van der Waals surface area contributed by atoms with E-state index in [-0.39, 0.29) is 18.0 Å². The van der Waals surface area contributed by atoms with Gasteiger partial charge in [-0.15, -0.1) is 0 Å². The van der Waals surface area contributed by atoms with Gasteiger partial charge >= 0.3 is 12.0 Å². The fraction of sp³-hybridized carbons (Fsp3) is 0.857. The molecule has 110 valence electrons. The lowest BCUT2D eigenvalue weighted by Gasteiger charge is -2.27. The second kappa shape index (κ2) is 8.02. The summed E-state index contributed by atoms with van der Waals surface area (Å²) in [5.74, 6) is -0.400. The molecule has 0 heterocycles. The van der Waals surface area contributed by atoms with E-state index >= 15 is 0 Å². The van der Waals surface area contributed by atoms with Gasteiger partial charge in [0.05, 0.1) is 5.92 Å². The Hall–Kier alpha value is -1.26. The molecule has 2 atom stereocenters. The second-order valence-corrected chi connectivity index (χ2v) is 5.84. The van der Waals surface area contributed by atoms with Crippen molar-refractivity contribution in [3.8, 4) is 0 Å². The number of aliphatic carboxylic acids is 1. The van der Waals surface area contributed by atoms with Gasteiger partial charge in [0, 0.05) is 12.6 Å². The monoisotopic (exact) mass is 270 g/mol. The van der Waals surface area contributed by atoms with Gasteiger partial charge in [0.1, 0.15) is 0 Å². The van der Waals surface area contributed by atoms with Gasteiger partial charge in [-0.25, -0.2) is 4.79 Å². The number of hydrogen-bond acceptors (Lipinski definition) is 2. The summed E-state index contributed by atoms with van der Waals surface area (Å²) in [6.45, 7) is 5.00. The molecule has 2 amide bonds. The molecule has 1 fully saturated rings. The predicted octanol–water partition coefficient (Wildman–Crippen LogP) is 2.37. The minimum absolute atomic E-state index is 0.0000475. The van der Waals surface area contributed by atoms with Crippen LogP contribution in [0, 0.1) is 11.8 Å². The summed E-state index contributed by atoms with van der Waals surface area (Å²) in [6.07, 6.45) is 5.11. The van der Waals surface area contributed by atoms with Crippen molar-refractivity contribution in [1.29, 1.82) is 0 Å². The van der Waals surface area contributed by atoms with Gasteiger partial charge in [-0.1, -0.05) is 20.3 Å². The van der Waals surface area contributed by atoms with Crippen molar-refractivity contribution in [2.75, 3.05) is 6.54 Å². The third-order valence-corrected chi connectivity index (χ3v) is 3.60. The highest BCUT2D eigenvalue weighted by Crippen LogP contribution is 2.24. The van der Waals surface area contributed by atoms with Gasteiger partial charge in [0.2, 0.25) is 0 Å². The maximum absolute atomic E-state index is 11.7. The quantitative estimate of drug-likeness (QED) is 0.648. The van der Waals surface area contributed by atoms with Crippen LogP contribution in [-0.2, 0) is 4.79 Å². The van der Waals surface area contributed by atoms with E-state index in [1.165, 1.54) is 0 Å². The average molecular weight is 270 g/mol. The molecule has 19 heavy (non-hydrogen) atoms. The van der Waals surface area contributed by atoms with Crippen LogP contribution in [0.1, 0.15) is 52.4 Å². The lowest BCUT2D eigenvalue weighted by atomic mass is 9.86. The number of hydrogen-bond donors (Lipinski definition) is 3. The first-order valence-corrected chi connectivity index (χ1v) is 7.26. The van der Waals surface area contributed by atoms with E-state index in [4.69, 9.17) is 5.11 Å². The van der Waals surface area contributed by atoms with Crippen LogP contribution in [0.4, 0.5) is 4.79 Å². The number of carboxylic acid groups (broad SMARTS) is 1. The Morgan fingerprint density at radius 3 is 2.68 bits per heavy atom. The van der Waals surface area contributed by atoms with Crippen LogP contribution in [0.25, 0.3) is 0 Å². The Kier molecular flexibility index (Phi) is 6.67. The standard InChI is InChI=1S/C14H26N2O3/c1-10(2)5-4-8-15-14(19)16-12-7-3-6-11(9-12)13(17)18/h10-12H,3-9H2,1-2H3,(H,17,18)(H2,15,16,19). The Morgan fingerprint density at radius 2 is 2.05 bits per heavy atom. The van der Waals surface area contributed by atoms with E-state index in [0.29, 0.717) is 18.9 Å². The van der Waals surface area contributed by atoms with E-state index in [2.05, 4.69) is 24.5 Å². The fourth-order valence-corrected chi connectivity index (χ4v) is 2.49. The van der Waals surface area contributed by atoms with Gasteiger partial charge in [0.25, 0.3) is 0 Å². The molecule has 0 aliphatic heterocycles. The molecule has 0 aromatic carbocycles. The van der Waals surface area contributed by atoms with E-state index in [1.54, 1.807) is 0 Å². The minimum Gasteiger partial charge on any atom is -0.481 e. The van der Waals surface area contributed by atoms with E-state index in [1.807, 2.05) is 0 Å². The molecule has 5 heteroatoms. The number of carboxylic acids is 1. The molecule has 1 aliphatic carbocycles. The Labute approximate surface area is 115 Å². The lowest BCUT2D eigenvalue weighted by molar-refractivity contribution is -0.143. The van der Waals surface area contributed by atoms with Crippen molar-refractivity contribution in [2.24, 2.45) is 11.8 Å². The minimum atomic E-state index is -0.746. The molecular weight excluding hydrogens is 244 g/mol.